The molecule has 390 valence electrons. The normalized spacial score (nSPS) is 16.3. The molecule has 7 aromatic rings. The summed E-state index contributed by atoms with van der Waals surface area (Å²) >= 11 is 0. The monoisotopic (exact) mass is 1020 g/mol. The molecule has 10 rings (SSSR count). The first-order chi connectivity index (χ1) is 35.7. The second kappa shape index (κ2) is 20.2. The zero-order valence-electron chi connectivity index (χ0n) is 47.6. The Morgan fingerprint density at radius 3 is 1.63 bits per heavy atom. The molecule has 3 aliphatic heterocycles. The summed E-state index contributed by atoms with van der Waals surface area (Å²) in [5.41, 5.74) is 11.9. The van der Waals surface area contributed by atoms with Gasteiger partial charge in [-0.3, -0.25) is 9.55 Å². The lowest BCUT2D eigenvalue weighted by Crippen LogP contribution is -2.62. The molecule has 0 spiro atoms. The Kier molecular flexibility index (Phi) is 14.3. The largest absolute Gasteiger partial charge is 0.468 e. The van der Waals surface area contributed by atoms with Crippen molar-refractivity contribution >= 4 is 98.2 Å². The van der Waals surface area contributed by atoms with E-state index in [1.807, 2.05) is 25.4 Å². The SMILES string of the molecule is Cc1ncc(N2CN(c3c(B4OB(C(C)(C)C)OB(C(C)(C)C)O4)cccc3B3OB(C(C)(C)C)OB(C(C)(C)C)O3)c3ccccc32)cc1COCc1ccc2c3ccccc3n(-c3cc(C(C)(C)C)ccn3)c2c1. The van der Waals surface area contributed by atoms with Crippen LogP contribution < -0.4 is 20.7 Å². The molecule has 3 aromatic heterocycles. The van der Waals surface area contributed by atoms with Crippen LogP contribution in [0.25, 0.3) is 27.6 Å². The Bertz CT molecular complexity index is 3160. The topological polar surface area (TPSA) is 102 Å². The van der Waals surface area contributed by atoms with E-state index in [4.69, 9.17) is 42.1 Å². The van der Waals surface area contributed by atoms with E-state index in [0.29, 0.717) is 19.9 Å². The number of pyridine rings is 2. The minimum absolute atomic E-state index is 0.0168. The van der Waals surface area contributed by atoms with Gasteiger partial charge in [-0.25, -0.2) is 4.98 Å². The van der Waals surface area contributed by atoms with Crippen molar-refractivity contribution in [1.82, 2.24) is 14.5 Å². The van der Waals surface area contributed by atoms with Crippen LogP contribution in [0.1, 0.15) is 126 Å². The van der Waals surface area contributed by atoms with Crippen molar-refractivity contribution < 1.29 is 32.2 Å². The van der Waals surface area contributed by atoms with Crippen molar-refractivity contribution in [2.24, 2.45) is 0 Å². The first-order valence-electron chi connectivity index (χ1n) is 27.0. The average Bonchev–Trinajstić information content (AvgIpc) is 3.94. The summed E-state index contributed by atoms with van der Waals surface area (Å²) in [6, 6.07) is 36.5. The molecule has 12 nitrogen and oxygen atoms in total. The Morgan fingerprint density at radius 2 is 1.07 bits per heavy atom. The molecule has 0 unspecified atom stereocenters. The Balaban J connectivity index is 0.992. The molecule has 2 saturated heterocycles. The van der Waals surface area contributed by atoms with Gasteiger partial charge in [-0.05, 0) is 87.2 Å². The summed E-state index contributed by atoms with van der Waals surface area (Å²) in [5, 5.41) is 0.974. The second-order valence-electron chi connectivity index (χ2n) is 26.3. The molecular formula is C58H73B6N5O7. The summed E-state index contributed by atoms with van der Waals surface area (Å²) in [4.78, 5) is 14.5. The molecule has 0 amide bonds. The van der Waals surface area contributed by atoms with Gasteiger partial charge in [0.05, 0.1) is 47.5 Å². The van der Waals surface area contributed by atoms with Crippen molar-refractivity contribution in [3.05, 3.63) is 138 Å². The van der Waals surface area contributed by atoms with Gasteiger partial charge >= 0.3 is 42.7 Å². The van der Waals surface area contributed by atoms with E-state index in [1.165, 1.54) is 16.3 Å². The maximum Gasteiger partial charge on any atom is 0.468 e. The Labute approximate surface area is 453 Å². The van der Waals surface area contributed by atoms with Gasteiger partial charge in [0.2, 0.25) is 0 Å². The van der Waals surface area contributed by atoms with Crippen LogP contribution in [-0.4, -0.2) is 63.9 Å². The summed E-state index contributed by atoms with van der Waals surface area (Å²) in [6.07, 6.45) is 3.88. The number of aryl methyl sites for hydroxylation is 1. The summed E-state index contributed by atoms with van der Waals surface area (Å²) < 4.78 is 49.7. The lowest BCUT2D eigenvalue weighted by atomic mass is 9.49. The number of benzene rings is 4. The van der Waals surface area contributed by atoms with Crippen LogP contribution in [0.15, 0.2) is 116 Å². The number of rotatable bonds is 9. The lowest BCUT2D eigenvalue weighted by molar-refractivity contribution is 0.106. The average molecular weight is 1020 g/mol. The first kappa shape index (κ1) is 54.1. The maximum atomic E-state index is 6.91. The van der Waals surface area contributed by atoms with Crippen LogP contribution in [0.4, 0.5) is 22.7 Å². The standard InChI is InChI=1S/C58H73B6N5O7/c1-39-41(37-70-36-40-28-29-45-44-22-17-18-25-48(44)69(51(45)32-40)52-34-42(30-31-65-52)54(2,3)4)33-43(35-66-39)67-38-68(50-27-20-19-26-49(50)67)53-46(59-71-61(55(5,6)7)75-62(72-59)56(8,9)10)23-21-24-47(53)60-73-63(57(11,12)13)76-64(74-60)58(14,15)16/h17-35H,36-38H2,1-16H3. The van der Waals surface area contributed by atoms with Gasteiger partial charge in [0.25, 0.3) is 0 Å². The molecule has 0 atom stereocenters. The van der Waals surface area contributed by atoms with Crippen molar-refractivity contribution in [2.45, 2.75) is 151 Å². The first-order valence-corrected chi connectivity index (χ1v) is 27.0. The van der Waals surface area contributed by atoms with Crippen LogP contribution in [0.5, 0.6) is 0 Å². The van der Waals surface area contributed by atoms with E-state index >= 15 is 0 Å². The molecular weight excluding hydrogens is 944 g/mol. The zero-order chi connectivity index (χ0) is 54.3. The van der Waals surface area contributed by atoms with Gasteiger partial charge in [-0.15, -0.1) is 0 Å². The fourth-order valence-electron chi connectivity index (χ4n) is 10.2. The molecule has 0 saturated carbocycles. The van der Waals surface area contributed by atoms with Gasteiger partial charge < -0.3 is 42.0 Å². The molecule has 3 aliphatic rings. The van der Waals surface area contributed by atoms with Crippen molar-refractivity contribution in [3.63, 3.8) is 0 Å². The third-order valence-corrected chi connectivity index (χ3v) is 14.5. The Hall–Kier alpha value is -5.31. The van der Waals surface area contributed by atoms with Crippen LogP contribution in [0.2, 0.25) is 21.3 Å². The molecule has 0 aliphatic carbocycles. The minimum Gasteiger partial charge on any atom is -0.452 e. The van der Waals surface area contributed by atoms with E-state index in [9.17, 15) is 0 Å². The summed E-state index contributed by atoms with van der Waals surface area (Å²) in [7, 11) is -3.79. The number of anilines is 4. The van der Waals surface area contributed by atoms with E-state index < -0.39 is 42.7 Å². The predicted molar refractivity (Wildman–Crippen MR) is 316 cm³/mol. The number of hydrogen-bond donors (Lipinski definition) is 0. The highest BCUT2D eigenvalue weighted by atomic mass is 16.7. The molecule has 76 heavy (non-hydrogen) atoms. The van der Waals surface area contributed by atoms with E-state index in [0.717, 1.165) is 67.3 Å². The van der Waals surface area contributed by atoms with Gasteiger partial charge in [0.15, 0.2) is 0 Å². The summed E-state index contributed by atoms with van der Waals surface area (Å²) in [6.45, 7) is 35.6. The number of fused-ring (bicyclic) bond motifs is 4. The molecule has 0 radical (unpaired) electrons. The van der Waals surface area contributed by atoms with Crippen LogP contribution in [0.3, 0.4) is 0 Å². The number of ether oxygens (including phenoxy) is 1. The Morgan fingerprint density at radius 1 is 0.526 bits per heavy atom. The zero-order valence-corrected chi connectivity index (χ0v) is 47.6. The third kappa shape index (κ3) is 10.8. The quantitative estimate of drug-likeness (QED) is 0.129. The molecule has 18 heteroatoms. The van der Waals surface area contributed by atoms with Crippen molar-refractivity contribution in [3.8, 4) is 5.82 Å². The van der Waals surface area contributed by atoms with Crippen LogP contribution in [-0.2, 0) is 50.8 Å². The van der Waals surface area contributed by atoms with E-state index in [2.05, 4.69) is 215 Å². The lowest BCUT2D eigenvalue weighted by Gasteiger charge is -2.43. The van der Waals surface area contributed by atoms with Gasteiger partial charge in [0, 0.05) is 44.8 Å². The summed E-state index contributed by atoms with van der Waals surface area (Å²) in [5.74, 6) is 0.902. The number of para-hydroxylation sites is 4. The second-order valence-corrected chi connectivity index (χ2v) is 26.3. The predicted octanol–water partition coefficient (Wildman–Crippen LogP) is 12.8. The van der Waals surface area contributed by atoms with Gasteiger partial charge in [-0.1, -0.05) is 165 Å². The molecule has 6 heterocycles. The third-order valence-electron chi connectivity index (χ3n) is 14.5. The number of hydrogen-bond acceptors (Lipinski definition) is 11. The van der Waals surface area contributed by atoms with Crippen molar-refractivity contribution in [2.75, 3.05) is 16.5 Å². The van der Waals surface area contributed by atoms with Crippen LogP contribution in [0, 0.1) is 6.92 Å². The minimum atomic E-state index is -0.791. The van der Waals surface area contributed by atoms with E-state index in [-0.39, 0.29) is 26.7 Å². The highest BCUT2D eigenvalue weighted by Gasteiger charge is 2.55. The maximum absolute atomic E-state index is 6.91. The fourth-order valence-corrected chi connectivity index (χ4v) is 10.2. The van der Waals surface area contributed by atoms with Crippen molar-refractivity contribution in [1.29, 1.82) is 0 Å². The highest BCUT2D eigenvalue weighted by Crippen LogP contribution is 2.46. The molecule has 0 bridgehead atoms. The van der Waals surface area contributed by atoms with Gasteiger partial charge in [0.1, 0.15) is 12.5 Å². The molecule has 0 N–H and O–H groups in total. The molecule has 4 aromatic carbocycles. The number of aromatic nitrogens is 3. The van der Waals surface area contributed by atoms with E-state index in [1.54, 1.807) is 0 Å². The number of nitrogens with zero attached hydrogens (tertiary/aromatic N) is 5. The van der Waals surface area contributed by atoms with Gasteiger partial charge in [-0.2, -0.15) is 0 Å². The molecule has 2 fully saturated rings. The highest BCUT2D eigenvalue weighted by molar-refractivity contribution is 6.84. The van der Waals surface area contributed by atoms with Crippen LogP contribution >= 0.6 is 0 Å². The smallest absolute Gasteiger partial charge is 0.452 e. The fraction of sp³-hybridized carbons (Fsp3) is 0.414.